The fraction of sp³-hybridized carbons (Fsp3) is 0.304. The van der Waals surface area contributed by atoms with Crippen molar-refractivity contribution in [1.29, 1.82) is 0 Å². The minimum absolute atomic E-state index is 0.570. The summed E-state index contributed by atoms with van der Waals surface area (Å²) in [5.41, 5.74) is 2.88. The van der Waals surface area contributed by atoms with Gasteiger partial charge in [0.05, 0.1) is 17.4 Å². The first-order valence-corrected chi connectivity index (χ1v) is 10.1. The second-order valence-electron chi connectivity index (χ2n) is 7.47. The molecule has 5 heteroatoms. The first-order chi connectivity index (χ1) is 13.9. The number of ether oxygens (including phenoxy) is 1. The van der Waals surface area contributed by atoms with E-state index in [9.17, 15) is 0 Å². The summed E-state index contributed by atoms with van der Waals surface area (Å²) in [6.45, 7) is 3.24. The maximum atomic E-state index is 6.11. The molecule has 5 nitrogen and oxygen atoms in total. The van der Waals surface area contributed by atoms with E-state index in [2.05, 4.69) is 22.0 Å². The highest BCUT2D eigenvalue weighted by atomic mass is 16.5. The molecule has 1 aliphatic heterocycles. The van der Waals surface area contributed by atoms with Crippen LogP contribution in [0.25, 0.3) is 21.9 Å². The van der Waals surface area contributed by atoms with Crippen molar-refractivity contribution < 1.29 is 4.74 Å². The van der Waals surface area contributed by atoms with Crippen LogP contribution >= 0.6 is 0 Å². The van der Waals surface area contributed by atoms with Crippen LogP contribution in [-0.2, 0) is 6.54 Å². The minimum Gasteiger partial charge on any atom is -0.437 e. The van der Waals surface area contributed by atoms with Crippen LogP contribution in [0.3, 0.4) is 0 Å². The Bertz CT molecular complexity index is 1080. The molecular formula is C23H24N4O. The molecule has 3 heterocycles. The van der Waals surface area contributed by atoms with Gasteiger partial charge in [-0.2, -0.15) is 0 Å². The van der Waals surface area contributed by atoms with Crippen LogP contribution in [0.2, 0.25) is 0 Å². The third kappa shape index (κ3) is 3.34. The Kier molecular flexibility index (Phi) is 4.67. The Labute approximate surface area is 164 Å². The van der Waals surface area contributed by atoms with E-state index in [1.807, 2.05) is 48.8 Å². The molecule has 0 aliphatic carbocycles. The zero-order chi connectivity index (χ0) is 18.8. The van der Waals surface area contributed by atoms with Gasteiger partial charge in [0, 0.05) is 11.9 Å². The number of aromatic nitrogens is 3. The average molecular weight is 372 g/mol. The van der Waals surface area contributed by atoms with Gasteiger partial charge in [-0.1, -0.05) is 36.4 Å². The molecule has 5 rings (SSSR count). The number of rotatable bonds is 5. The molecule has 0 spiro atoms. The molecule has 0 bridgehead atoms. The monoisotopic (exact) mass is 372 g/mol. The van der Waals surface area contributed by atoms with Gasteiger partial charge in [-0.05, 0) is 56.5 Å². The van der Waals surface area contributed by atoms with E-state index in [4.69, 9.17) is 14.7 Å². The second kappa shape index (κ2) is 7.60. The summed E-state index contributed by atoms with van der Waals surface area (Å²) in [6, 6.07) is 18.0. The Hall–Kier alpha value is -2.92. The van der Waals surface area contributed by atoms with E-state index in [0.29, 0.717) is 5.88 Å². The molecule has 0 atom stereocenters. The van der Waals surface area contributed by atoms with Crippen LogP contribution < -0.4 is 10.1 Å². The molecule has 2 aromatic carbocycles. The number of hydrogen-bond donors (Lipinski definition) is 1. The zero-order valence-corrected chi connectivity index (χ0v) is 15.8. The maximum Gasteiger partial charge on any atom is 0.248 e. The quantitative estimate of drug-likeness (QED) is 0.548. The molecular weight excluding hydrogens is 348 g/mol. The van der Waals surface area contributed by atoms with Crippen molar-refractivity contribution in [3.63, 3.8) is 0 Å². The van der Waals surface area contributed by atoms with Gasteiger partial charge >= 0.3 is 0 Å². The van der Waals surface area contributed by atoms with Gasteiger partial charge in [0.2, 0.25) is 5.88 Å². The lowest BCUT2D eigenvalue weighted by molar-refractivity contribution is 0.339. The van der Waals surface area contributed by atoms with Crippen LogP contribution in [0.1, 0.15) is 19.3 Å². The highest BCUT2D eigenvalue weighted by Gasteiger charge is 2.17. The zero-order valence-electron chi connectivity index (χ0n) is 15.8. The van der Waals surface area contributed by atoms with Gasteiger partial charge in [-0.25, -0.2) is 9.97 Å². The van der Waals surface area contributed by atoms with Crippen molar-refractivity contribution in [2.75, 3.05) is 13.1 Å². The van der Waals surface area contributed by atoms with Crippen LogP contribution in [-0.4, -0.2) is 27.6 Å². The normalized spacial score (nSPS) is 15.3. The largest absolute Gasteiger partial charge is 0.437 e. The van der Waals surface area contributed by atoms with Crippen molar-refractivity contribution in [3.8, 4) is 11.6 Å². The van der Waals surface area contributed by atoms with Crippen molar-refractivity contribution >= 4 is 21.9 Å². The van der Waals surface area contributed by atoms with E-state index < -0.39 is 0 Å². The standard InChI is InChI=1S/C23H24N4O/c1-2-6-18(7-3-1)28-23-21-22(19-8-4-5-9-20(19)26-23)27(16-25-21)15-12-17-10-13-24-14-11-17/h1-9,16-17,24H,10-15H2. The average Bonchev–Trinajstić information content (AvgIpc) is 3.19. The predicted molar refractivity (Wildman–Crippen MR) is 112 cm³/mol. The summed E-state index contributed by atoms with van der Waals surface area (Å²) in [4.78, 5) is 9.45. The van der Waals surface area contributed by atoms with Crippen LogP contribution in [0.4, 0.5) is 0 Å². The van der Waals surface area contributed by atoms with Crippen molar-refractivity contribution in [3.05, 3.63) is 60.9 Å². The Morgan fingerprint density at radius 3 is 2.64 bits per heavy atom. The van der Waals surface area contributed by atoms with E-state index in [0.717, 1.165) is 53.2 Å². The number of nitrogens with one attached hydrogen (secondary N) is 1. The van der Waals surface area contributed by atoms with Gasteiger partial charge in [0.1, 0.15) is 5.75 Å². The van der Waals surface area contributed by atoms with E-state index in [1.54, 1.807) is 0 Å². The smallest absolute Gasteiger partial charge is 0.248 e. The number of benzene rings is 2. The lowest BCUT2D eigenvalue weighted by atomic mass is 9.95. The molecule has 1 aliphatic rings. The Balaban J connectivity index is 1.54. The first-order valence-electron chi connectivity index (χ1n) is 10.1. The number of aryl methyl sites for hydroxylation is 1. The van der Waals surface area contributed by atoms with Crippen LogP contribution in [0.15, 0.2) is 60.9 Å². The third-order valence-corrected chi connectivity index (χ3v) is 5.62. The minimum atomic E-state index is 0.570. The topological polar surface area (TPSA) is 52.0 Å². The molecule has 1 fully saturated rings. The predicted octanol–water partition coefficient (Wildman–Crippen LogP) is 4.77. The number of para-hydroxylation sites is 2. The van der Waals surface area contributed by atoms with E-state index >= 15 is 0 Å². The maximum absolute atomic E-state index is 6.11. The highest BCUT2D eigenvalue weighted by molar-refractivity contribution is 6.04. The highest BCUT2D eigenvalue weighted by Crippen LogP contribution is 2.33. The molecule has 4 aromatic rings. The Morgan fingerprint density at radius 2 is 1.79 bits per heavy atom. The number of pyridine rings is 1. The third-order valence-electron chi connectivity index (χ3n) is 5.62. The SMILES string of the molecule is c1ccc(Oc2nc3ccccc3c3c2ncn3CCC2CCNCC2)cc1. The number of hydrogen-bond acceptors (Lipinski definition) is 4. The van der Waals surface area contributed by atoms with Gasteiger partial charge in [0.15, 0.2) is 5.52 Å². The molecule has 142 valence electrons. The molecule has 0 unspecified atom stereocenters. The molecule has 0 amide bonds. The summed E-state index contributed by atoms with van der Waals surface area (Å²) in [5.74, 6) is 2.13. The molecule has 1 saturated heterocycles. The molecule has 2 aromatic heterocycles. The first kappa shape index (κ1) is 17.2. The molecule has 1 N–H and O–H groups in total. The summed E-state index contributed by atoms with van der Waals surface area (Å²) >= 11 is 0. The van der Waals surface area contributed by atoms with Crippen molar-refractivity contribution in [2.45, 2.75) is 25.8 Å². The van der Waals surface area contributed by atoms with E-state index in [-0.39, 0.29) is 0 Å². The molecule has 28 heavy (non-hydrogen) atoms. The summed E-state index contributed by atoms with van der Waals surface area (Å²) in [5, 5.41) is 4.57. The fourth-order valence-corrected chi connectivity index (χ4v) is 4.09. The van der Waals surface area contributed by atoms with Gasteiger partial charge in [-0.15, -0.1) is 0 Å². The van der Waals surface area contributed by atoms with Gasteiger partial charge in [-0.3, -0.25) is 0 Å². The molecule has 0 radical (unpaired) electrons. The molecule has 0 saturated carbocycles. The van der Waals surface area contributed by atoms with Crippen LogP contribution in [0, 0.1) is 5.92 Å². The number of nitrogens with zero attached hydrogens (tertiary/aromatic N) is 3. The summed E-state index contributed by atoms with van der Waals surface area (Å²) in [7, 11) is 0. The van der Waals surface area contributed by atoms with Gasteiger partial charge in [0.25, 0.3) is 0 Å². The number of fused-ring (bicyclic) bond motifs is 3. The van der Waals surface area contributed by atoms with Crippen LogP contribution in [0.5, 0.6) is 11.6 Å². The number of imidazole rings is 1. The second-order valence-corrected chi connectivity index (χ2v) is 7.47. The van der Waals surface area contributed by atoms with Gasteiger partial charge < -0.3 is 14.6 Å². The van der Waals surface area contributed by atoms with Crippen molar-refractivity contribution in [1.82, 2.24) is 19.9 Å². The summed E-state index contributed by atoms with van der Waals surface area (Å²) in [6.07, 6.45) is 5.64. The lowest BCUT2D eigenvalue weighted by Crippen LogP contribution is -2.28. The Morgan fingerprint density at radius 1 is 1.00 bits per heavy atom. The lowest BCUT2D eigenvalue weighted by Gasteiger charge is -2.22. The van der Waals surface area contributed by atoms with E-state index in [1.165, 1.54) is 19.3 Å². The number of piperidine rings is 1. The van der Waals surface area contributed by atoms with Crippen molar-refractivity contribution in [2.24, 2.45) is 5.92 Å². The fourth-order valence-electron chi connectivity index (χ4n) is 4.09. The summed E-state index contributed by atoms with van der Waals surface area (Å²) < 4.78 is 8.39.